The van der Waals surface area contributed by atoms with Crippen molar-refractivity contribution < 1.29 is 4.79 Å². The summed E-state index contributed by atoms with van der Waals surface area (Å²) in [5.74, 6) is 5.74. The Morgan fingerprint density at radius 2 is 2.20 bits per heavy atom. The zero-order valence-corrected chi connectivity index (χ0v) is 9.42. The van der Waals surface area contributed by atoms with Crippen molar-refractivity contribution in [2.75, 3.05) is 0 Å². The van der Waals surface area contributed by atoms with Gasteiger partial charge < -0.3 is 0 Å². The van der Waals surface area contributed by atoms with E-state index < -0.39 is 0 Å². The van der Waals surface area contributed by atoms with E-state index in [0.717, 1.165) is 11.1 Å². The fourth-order valence-electron chi connectivity index (χ4n) is 1.43. The third-order valence-electron chi connectivity index (χ3n) is 2.13. The average Bonchev–Trinajstić information content (AvgIpc) is 2.17. The quantitative estimate of drug-likeness (QED) is 0.556. The van der Waals surface area contributed by atoms with Crippen LogP contribution in [0.1, 0.15) is 41.4 Å². The van der Waals surface area contributed by atoms with E-state index in [4.69, 9.17) is 0 Å². The van der Waals surface area contributed by atoms with Crippen LogP contribution in [0, 0.1) is 25.7 Å². The average molecular weight is 201 g/mol. The molecule has 0 amide bonds. The van der Waals surface area contributed by atoms with Crippen molar-refractivity contribution in [1.29, 1.82) is 0 Å². The van der Waals surface area contributed by atoms with Crippen LogP contribution in [0.4, 0.5) is 0 Å². The summed E-state index contributed by atoms with van der Waals surface area (Å²) in [7, 11) is 0. The molecule has 0 aliphatic heterocycles. The van der Waals surface area contributed by atoms with E-state index in [1.54, 1.807) is 13.1 Å². The van der Waals surface area contributed by atoms with Crippen molar-refractivity contribution in [3.05, 3.63) is 29.1 Å². The summed E-state index contributed by atoms with van der Waals surface area (Å²) in [6, 6.07) is 1.98. The third kappa shape index (κ3) is 3.21. The van der Waals surface area contributed by atoms with E-state index in [1.807, 2.05) is 19.9 Å². The maximum atomic E-state index is 11.7. The van der Waals surface area contributed by atoms with Gasteiger partial charge in [-0.05, 0) is 31.9 Å². The van der Waals surface area contributed by atoms with Gasteiger partial charge in [0.2, 0.25) is 0 Å². The maximum Gasteiger partial charge on any atom is 0.182 e. The topological polar surface area (TPSA) is 30.0 Å². The fraction of sp³-hybridized carbons (Fsp3) is 0.385. The minimum atomic E-state index is 0.0789. The molecule has 0 N–H and O–H groups in total. The maximum absolute atomic E-state index is 11.7. The Morgan fingerprint density at radius 3 is 2.80 bits per heavy atom. The van der Waals surface area contributed by atoms with E-state index in [9.17, 15) is 4.79 Å². The molecule has 15 heavy (non-hydrogen) atoms. The van der Waals surface area contributed by atoms with Crippen LogP contribution in [-0.2, 0) is 0 Å². The molecular formula is C13H15NO. The molecule has 0 unspecified atom stereocenters. The molecule has 0 saturated heterocycles. The standard InChI is InChI=1S/C13H15NO/c1-4-5-6-7-12(15)13-11(3)8-10(2)9-14-13/h8-9H,6-7H2,1-3H3. The van der Waals surface area contributed by atoms with Gasteiger partial charge in [-0.25, -0.2) is 0 Å². The lowest BCUT2D eigenvalue weighted by Crippen LogP contribution is -2.04. The first-order chi connectivity index (χ1) is 7.15. The summed E-state index contributed by atoms with van der Waals surface area (Å²) in [6.45, 7) is 5.66. The largest absolute Gasteiger partial charge is 0.292 e. The van der Waals surface area contributed by atoms with E-state index >= 15 is 0 Å². The van der Waals surface area contributed by atoms with Gasteiger partial charge >= 0.3 is 0 Å². The molecule has 1 aromatic rings. The van der Waals surface area contributed by atoms with Gasteiger partial charge in [0.25, 0.3) is 0 Å². The highest BCUT2D eigenvalue weighted by Gasteiger charge is 2.09. The molecule has 1 rings (SSSR count). The summed E-state index contributed by atoms with van der Waals surface area (Å²) in [4.78, 5) is 15.9. The molecule has 0 fully saturated rings. The highest BCUT2D eigenvalue weighted by molar-refractivity contribution is 5.95. The molecule has 2 heteroatoms. The number of aryl methyl sites for hydroxylation is 2. The summed E-state index contributed by atoms with van der Waals surface area (Å²) in [5, 5.41) is 0. The number of ketones is 1. The number of hydrogen-bond acceptors (Lipinski definition) is 2. The Kier molecular flexibility index (Phi) is 4.05. The number of aromatic nitrogens is 1. The smallest absolute Gasteiger partial charge is 0.182 e. The molecule has 0 saturated carbocycles. The van der Waals surface area contributed by atoms with Crippen molar-refractivity contribution >= 4 is 5.78 Å². The molecule has 0 atom stereocenters. The molecule has 2 nitrogen and oxygen atoms in total. The number of carbonyl (C=O) groups is 1. The predicted octanol–water partition coefficient (Wildman–Crippen LogP) is 2.68. The second-order valence-corrected chi connectivity index (χ2v) is 3.53. The highest BCUT2D eigenvalue weighted by Crippen LogP contribution is 2.10. The zero-order valence-electron chi connectivity index (χ0n) is 9.42. The molecule has 0 bridgehead atoms. The van der Waals surface area contributed by atoms with Crippen LogP contribution >= 0.6 is 0 Å². The molecule has 0 aliphatic rings. The first kappa shape index (κ1) is 11.5. The van der Waals surface area contributed by atoms with Crippen LogP contribution in [0.25, 0.3) is 0 Å². The molecule has 1 heterocycles. The lowest BCUT2D eigenvalue weighted by molar-refractivity contribution is 0.0979. The Morgan fingerprint density at radius 1 is 1.47 bits per heavy atom. The number of hydrogen-bond donors (Lipinski definition) is 0. The number of carbonyl (C=O) groups excluding carboxylic acids is 1. The van der Waals surface area contributed by atoms with Crippen LogP contribution < -0.4 is 0 Å². The molecule has 1 aromatic heterocycles. The second kappa shape index (κ2) is 5.31. The van der Waals surface area contributed by atoms with Crippen molar-refractivity contribution in [3.8, 4) is 11.8 Å². The normalized spacial score (nSPS) is 9.27. The SMILES string of the molecule is CC#CCCC(=O)c1ncc(C)cc1C. The highest BCUT2D eigenvalue weighted by atomic mass is 16.1. The van der Waals surface area contributed by atoms with Crippen LogP contribution in [0.2, 0.25) is 0 Å². The van der Waals surface area contributed by atoms with Crippen LogP contribution in [0.5, 0.6) is 0 Å². The summed E-state index contributed by atoms with van der Waals surface area (Å²) in [5.41, 5.74) is 2.61. The molecule has 0 aliphatic carbocycles. The lowest BCUT2D eigenvalue weighted by atomic mass is 10.1. The zero-order chi connectivity index (χ0) is 11.3. The molecular weight excluding hydrogens is 186 g/mol. The van der Waals surface area contributed by atoms with Gasteiger partial charge in [0, 0.05) is 19.0 Å². The van der Waals surface area contributed by atoms with Crippen LogP contribution in [-0.4, -0.2) is 10.8 Å². The van der Waals surface area contributed by atoms with Crippen molar-refractivity contribution in [1.82, 2.24) is 4.98 Å². The van der Waals surface area contributed by atoms with Gasteiger partial charge in [-0.2, -0.15) is 0 Å². The monoisotopic (exact) mass is 201 g/mol. The van der Waals surface area contributed by atoms with Crippen molar-refractivity contribution in [2.45, 2.75) is 33.6 Å². The van der Waals surface area contributed by atoms with E-state index in [-0.39, 0.29) is 5.78 Å². The number of nitrogens with zero attached hydrogens (tertiary/aromatic N) is 1. The summed E-state index contributed by atoms with van der Waals surface area (Å²) in [6.07, 6.45) is 2.80. The van der Waals surface area contributed by atoms with E-state index in [0.29, 0.717) is 18.5 Å². The van der Waals surface area contributed by atoms with Gasteiger partial charge in [-0.3, -0.25) is 9.78 Å². The molecule has 0 radical (unpaired) electrons. The number of rotatable bonds is 3. The van der Waals surface area contributed by atoms with Gasteiger partial charge in [0.1, 0.15) is 5.69 Å². The molecule has 78 valence electrons. The minimum absolute atomic E-state index is 0.0789. The Hall–Kier alpha value is -1.62. The Labute approximate surface area is 90.7 Å². The van der Waals surface area contributed by atoms with Gasteiger partial charge in [0.05, 0.1) is 0 Å². The van der Waals surface area contributed by atoms with Gasteiger partial charge in [0.15, 0.2) is 5.78 Å². The number of Topliss-reactive ketones (excluding diaryl/α,β-unsaturated/α-hetero) is 1. The van der Waals surface area contributed by atoms with E-state index in [1.165, 1.54) is 0 Å². The Bertz CT molecular complexity index is 424. The lowest BCUT2D eigenvalue weighted by Gasteiger charge is -2.03. The second-order valence-electron chi connectivity index (χ2n) is 3.53. The van der Waals surface area contributed by atoms with Gasteiger partial charge in [-0.1, -0.05) is 6.07 Å². The first-order valence-electron chi connectivity index (χ1n) is 5.01. The predicted molar refractivity (Wildman–Crippen MR) is 60.7 cm³/mol. The van der Waals surface area contributed by atoms with Crippen molar-refractivity contribution in [3.63, 3.8) is 0 Å². The van der Waals surface area contributed by atoms with Crippen LogP contribution in [0.15, 0.2) is 12.3 Å². The van der Waals surface area contributed by atoms with Crippen molar-refractivity contribution in [2.24, 2.45) is 0 Å². The van der Waals surface area contributed by atoms with Crippen LogP contribution in [0.3, 0.4) is 0 Å². The first-order valence-corrected chi connectivity index (χ1v) is 5.01. The third-order valence-corrected chi connectivity index (χ3v) is 2.13. The van der Waals surface area contributed by atoms with E-state index in [2.05, 4.69) is 16.8 Å². The Balaban J connectivity index is 2.76. The summed E-state index contributed by atoms with van der Waals surface area (Å²) >= 11 is 0. The summed E-state index contributed by atoms with van der Waals surface area (Å²) < 4.78 is 0. The molecule has 0 spiro atoms. The fourth-order valence-corrected chi connectivity index (χ4v) is 1.43. The number of pyridine rings is 1. The minimum Gasteiger partial charge on any atom is -0.292 e. The van der Waals surface area contributed by atoms with Gasteiger partial charge in [-0.15, -0.1) is 11.8 Å². The molecule has 0 aromatic carbocycles.